The van der Waals surface area contributed by atoms with Gasteiger partial charge in [0, 0.05) is 25.6 Å². The smallest absolute Gasteiger partial charge is 0.225 e. The topological polar surface area (TPSA) is 88.2 Å². The Morgan fingerprint density at radius 2 is 1.95 bits per heavy atom. The van der Waals surface area contributed by atoms with Gasteiger partial charge < -0.3 is 20.6 Å². The van der Waals surface area contributed by atoms with Gasteiger partial charge in [0.1, 0.15) is 5.84 Å². The largest absolute Gasteiger partial charge is 0.409 e. The van der Waals surface area contributed by atoms with Crippen molar-refractivity contribution < 1.29 is 14.7 Å². The fourth-order valence-corrected chi connectivity index (χ4v) is 3.04. The lowest BCUT2D eigenvalue weighted by molar-refractivity contribution is -0.145. The van der Waals surface area contributed by atoms with Crippen molar-refractivity contribution in [2.24, 2.45) is 16.3 Å². The Labute approximate surface area is 119 Å². The minimum Gasteiger partial charge on any atom is -0.409 e. The summed E-state index contributed by atoms with van der Waals surface area (Å²) in [6, 6.07) is 0. The lowest BCUT2D eigenvalue weighted by Crippen LogP contribution is -2.50. The molecule has 1 saturated heterocycles. The highest BCUT2D eigenvalue weighted by Crippen LogP contribution is 2.39. The van der Waals surface area contributed by atoms with Crippen LogP contribution >= 0.6 is 0 Å². The molecule has 0 radical (unpaired) electrons. The maximum absolute atomic E-state index is 12.4. The first-order chi connectivity index (χ1) is 9.45. The van der Waals surface area contributed by atoms with Crippen molar-refractivity contribution >= 4 is 11.7 Å². The molecule has 6 nitrogen and oxygen atoms in total. The number of methoxy groups -OCH3 is 1. The Balaban J connectivity index is 1.89. The molecule has 0 aromatic rings. The second-order valence-electron chi connectivity index (χ2n) is 6.34. The van der Waals surface area contributed by atoms with Crippen molar-refractivity contribution in [2.75, 3.05) is 20.2 Å². The molecule has 0 bridgehead atoms. The summed E-state index contributed by atoms with van der Waals surface area (Å²) in [6.07, 6.45) is 5.03. The van der Waals surface area contributed by atoms with Gasteiger partial charge in [-0.3, -0.25) is 4.79 Å². The highest BCUT2D eigenvalue weighted by Gasteiger charge is 2.42. The van der Waals surface area contributed by atoms with Gasteiger partial charge in [-0.2, -0.15) is 0 Å². The van der Waals surface area contributed by atoms with Crippen LogP contribution < -0.4 is 5.73 Å². The van der Waals surface area contributed by atoms with E-state index in [1.807, 2.05) is 11.8 Å². The Morgan fingerprint density at radius 1 is 1.35 bits per heavy atom. The van der Waals surface area contributed by atoms with Crippen LogP contribution in [0, 0.1) is 5.41 Å². The van der Waals surface area contributed by atoms with Gasteiger partial charge in [0.05, 0.1) is 12.0 Å². The zero-order valence-electron chi connectivity index (χ0n) is 12.4. The van der Waals surface area contributed by atoms with E-state index in [4.69, 9.17) is 15.7 Å². The summed E-state index contributed by atoms with van der Waals surface area (Å²) in [7, 11) is 1.69. The standard InChI is InChI=1S/C14H25N3O3/c1-13(12(15)16-19)6-8-17(9-7-13)11(18)10-14(20-2)4-3-5-14/h19H,3-10H2,1-2H3,(H2,15,16). The molecule has 0 aromatic carbocycles. The molecule has 1 aliphatic heterocycles. The number of amidine groups is 1. The van der Waals surface area contributed by atoms with Gasteiger partial charge in [-0.1, -0.05) is 12.1 Å². The lowest BCUT2D eigenvalue weighted by atomic mass is 9.76. The van der Waals surface area contributed by atoms with Gasteiger partial charge in [-0.25, -0.2) is 0 Å². The number of oxime groups is 1. The SMILES string of the molecule is COC1(CC(=O)N2CCC(C)(C(N)=NO)CC2)CCC1. The Kier molecular flexibility index (Phi) is 4.22. The quantitative estimate of drug-likeness (QED) is 0.352. The maximum Gasteiger partial charge on any atom is 0.225 e. The summed E-state index contributed by atoms with van der Waals surface area (Å²) < 4.78 is 5.51. The average molecular weight is 283 g/mol. The van der Waals surface area contributed by atoms with Crippen LogP contribution in [0.3, 0.4) is 0 Å². The van der Waals surface area contributed by atoms with E-state index >= 15 is 0 Å². The second kappa shape index (κ2) is 5.60. The Bertz CT molecular complexity index is 391. The van der Waals surface area contributed by atoms with Crippen molar-refractivity contribution in [3.63, 3.8) is 0 Å². The number of amides is 1. The van der Waals surface area contributed by atoms with Crippen LogP contribution in [0.2, 0.25) is 0 Å². The monoisotopic (exact) mass is 283 g/mol. The van der Waals surface area contributed by atoms with E-state index in [-0.39, 0.29) is 22.8 Å². The number of carbonyl (C=O) groups excluding carboxylic acids is 1. The third-order valence-corrected chi connectivity index (χ3v) is 5.12. The fraction of sp³-hybridized carbons (Fsp3) is 0.857. The van der Waals surface area contributed by atoms with E-state index in [1.54, 1.807) is 7.11 Å². The van der Waals surface area contributed by atoms with Gasteiger partial charge in [-0.15, -0.1) is 0 Å². The normalized spacial score (nSPS) is 25.1. The van der Waals surface area contributed by atoms with E-state index in [0.29, 0.717) is 19.5 Å². The Hall–Kier alpha value is -1.30. The molecule has 1 saturated carbocycles. The number of hydrogen-bond donors (Lipinski definition) is 2. The molecule has 0 unspecified atom stereocenters. The fourth-order valence-electron chi connectivity index (χ4n) is 3.04. The van der Waals surface area contributed by atoms with Crippen molar-refractivity contribution in [1.29, 1.82) is 0 Å². The molecule has 1 amide bonds. The molecule has 3 N–H and O–H groups in total. The third kappa shape index (κ3) is 2.75. The molecule has 20 heavy (non-hydrogen) atoms. The molecule has 0 spiro atoms. The molecule has 6 heteroatoms. The molecular weight excluding hydrogens is 258 g/mol. The number of hydrogen-bond acceptors (Lipinski definition) is 4. The number of nitrogens with two attached hydrogens (primary N) is 1. The zero-order chi connectivity index (χ0) is 14.8. The number of piperidine rings is 1. The highest BCUT2D eigenvalue weighted by molar-refractivity contribution is 5.86. The van der Waals surface area contributed by atoms with Crippen LogP contribution in [0.1, 0.15) is 45.4 Å². The number of likely N-dealkylation sites (tertiary alicyclic amines) is 1. The summed E-state index contributed by atoms with van der Waals surface area (Å²) >= 11 is 0. The van der Waals surface area contributed by atoms with E-state index in [0.717, 1.165) is 32.1 Å². The molecule has 2 fully saturated rings. The van der Waals surface area contributed by atoms with E-state index < -0.39 is 0 Å². The van der Waals surface area contributed by atoms with Crippen LogP contribution in [-0.4, -0.2) is 47.7 Å². The first-order valence-corrected chi connectivity index (χ1v) is 7.26. The number of nitrogens with zero attached hydrogens (tertiary/aromatic N) is 2. The van der Waals surface area contributed by atoms with Crippen LogP contribution in [0.5, 0.6) is 0 Å². The molecule has 1 aliphatic carbocycles. The molecule has 1 heterocycles. The maximum atomic E-state index is 12.4. The molecule has 0 atom stereocenters. The molecule has 2 rings (SSSR count). The van der Waals surface area contributed by atoms with Gasteiger partial charge in [-0.05, 0) is 32.1 Å². The number of carbonyl (C=O) groups is 1. The summed E-state index contributed by atoms with van der Waals surface area (Å²) in [5.74, 6) is 0.421. The molecule has 2 aliphatic rings. The number of ether oxygens (including phenoxy) is 1. The summed E-state index contributed by atoms with van der Waals surface area (Å²) in [4.78, 5) is 14.2. The van der Waals surface area contributed by atoms with Crippen LogP contribution in [0.25, 0.3) is 0 Å². The van der Waals surface area contributed by atoms with Crippen LogP contribution in [-0.2, 0) is 9.53 Å². The lowest BCUT2D eigenvalue weighted by Gasteiger charge is -2.43. The molecule has 114 valence electrons. The first-order valence-electron chi connectivity index (χ1n) is 7.26. The number of rotatable bonds is 4. The third-order valence-electron chi connectivity index (χ3n) is 5.12. The van der Waals surface area contributed by atoms with Gasteiger partial charge in [0.25, 0.3) is 0 Å². The molecular formula is C14H25N3O3. The van der Waals surface area contributed by atoms with E-state index in [9.17, 15) is 4.79 Å². The van der Waals surface area contributed by atoms with Crippen molar-refractivity contribution in [3.8, 4) is 0 Å². The van der Waals surface area contributed by atoms with Crippen molar-refractivity contribution in [1.82, 2.24) is 4.90 Å². The zero-order valence-corrected chi connectivity index (χ0v) is 12.4. The van der Waals surface area contributed by atoms with E-state index in [2.05, 4.69) is 5.16 Å². The predicted molar refractivity (Wildman–Crippen MR) is 75.5 cm³/mol. The highest BCUT2D eigenvalue weighted by atomic mass is 16.5. The van der Waals surface area contributed by atoms with Crippen molar-refractivity contribution in [3.05, 3.63) is 0 Å². The first kappa shape index (κ1) is 15.1. The summed E-state index contributed by atoms with van der Waals surface area (Å²) in [5, 5.41) is 11.9. The van der Waals surface area contributed by atoms with Gasteiger partial charge in [0.2, 0.25) is 5.91 Å². The van der Waals surface area contributed by atoms with Crippen LogP contribution in [0.4, 0.5) is 0 Å². The van der Waals surface area contributed by atoms with Crippen molar-refractivity contribution in [2.45, 2.75) is 51.0 Å². The van der Waals surface area contributed by atoms with Gasteiger partial charge in [0.15, 0.2) is 0 Å². The van der Waals surface area contributed by atoms with Crippen LogP contribution in [0.15, 0.2) is 5.16 Å². The van der Waals surface area contributed by atoms with Gasteiger partial charge >= 0.3 is 0 Å². The minimum atomic E-state index is -0.305. The second-order valence-corrected chi connectivity index (χ2v) is 6.34. The predicted octanol–water partition coefficient (Wildman–Crippen LogP) is 1.32. The molecule has 0 aromatic heterocycles. The minimum absolute atomic E-state index is 0.160. The summed E-state index contributed by atoms with van der Waals surface area (Å²) in [6.45, 7) is 3.29. The summed E-state index contributed by atoms with van der Waals surface area (Å²) in [5.41, 5.74) is 5.21. The van der Waals surface area contributed by atoms with E-state index in [1.165, 1.54) is 0 Å². The Morgan fingerprint density at radius 3 is 2.35 bits per heavy atom. The average Bonchev–Trinajstić information content (AvgIpc) is 2.42.